The van der Waals surface area contributed by atoms with E-state index in [-0.39, 0.29) is 53.8 Å². The molecule has 3 heterocycles. The third-order valence-corrected chi connectivity index (χ3v) is 6.24. The first-order chi connectivity index (χ1) is 15.7. The lowest BCUT2D eigenvalue weighted by Crippen LogP contribution is -2.54. The lowest BCUT2D eigenvalue weighted by Gasteiger charge is -2.40. The summed E-state index contributed by atoms with van der Waals surface area (Å²) in [5, 5.41) is 23.9. The highest BCUT2D eigenvalue weighted by Crippen LogP contribution is 2.28. The van der Waals surface area contributed by atoms with Gasteiger partial charge in [-0.3, -0.25) is 4.79 Å². The molecule has 9 nitrogen and oxygen atoms in total. The van der Waals surface area contributed by atoms with Gasteiger partial charge in [0, 0.05) is 42.8 Å². The Kier molecular flexibility index (Phi) is 6.82. The molecular formula is C21H25ClF2N6O3. The molecule has 1 aromatic heterocycles. The summed E-state index contributed by atoms with van der Waals surface area (Å²) >= 11 is 5.92. The summed E-state index contributed by atoms with van der Waals surface area (Å²) in [4.78, 5) is 24.3. The molecule has 4 atom stereocenters. The lowest BCUT2D eigenvalue weighted by atomic mass is 10.0. The summed E-state index contributed by atoms with van der Waals surface area (Å²) in [5.41, 5.74) is 5.85. The Labute approximate surface area is 194 Å². The van der Waals surface area contributed by atoms with Crippen molar-refractivity contribution in [1.29, 1.82) is 0 Å². The van der Waals surface area contributed by atoms with Crippen molar-refractivity contribution in [3.8, 4) is 0 Å². The molecule has 0 radical (unpaired) electrons. The van der Waals surface area contributed by atoms with E-state index in [0.717, 1.165) is 6.07 Å². The molecule has 178 valence electrons. The number of nitrogens with one attached hydrogen (secondary N) is 1. The smallest absolute Gasteiger partial charge is 0.245 e. The largest absolute Gasteiger partial charge is 0.390 e. The molecule has 2 aliphatic heterocycles. The molecule has 5 N–H and O–H groups in total. The van der Waals surface area contributed by atoms with Crippen LogP contribution in [0.25, 0.3) is 0 Å². The highest BCUT2D eigenvalue weighted by molar-refractivity contribution is 6.30. The zero-order valence-electron chi connectivity index (χ0n) is 17.7. The quantitative estimate of drug-likeness (QED) is 0.515. The summed E-state index contributed by atoms with van der Waals surface area (Å²) in [6.45, 7) is 0.690. The van der Waals surface area contributed by atoms with Gasteiger partial charge in [-0.15, -0.1) is 0 Å². The number of likely N-dealkylation sites (tertiary alicyclic amines) is 1. The van der Waals surface area contributed by atoms with Crippen LogP contribution in [0.3, 0.4) is 0 Å². The van der Waals surface area contributed by atoms with Crippen LogP contribution in [0.4, 0.5) is 26.1 Å². The second-order valence-electron chi connectivity index (χ2n) is 8.35. The van der Waals surface area contributed by atoms with Crippen LogP contribution in [0, 0.1) is 11.6 Å². The van der Waals surface area contributed by atoms with Crippen LogP contribution in [0.15, 0.2) is 24.5 Å². The molecule has 12 heteroatoms. The fourth-order valence-electron chi connectivity index (χ4n) is 4.40. The van der Waals surface area contributed by atoms with Gasteiger partial charge in [0.2, 0.25) is 11.7 Å². The van der Waals surface area contributed by atoms with Crippen molar-refractivity contribution >= 4 is 34.8 Å². The maximum atomic E-state index is 14.5. The Balaban J connectivity index is 1.57. The van der Waals surface area contributed by atoms with Crippen LogP contribution >= 0.6 is 11.6 Å². The zero-order valence-corrected chi connectivity index (χ0v) is 18.4. The number of nitrogen functional groups attached to an aromatic ring is 1. The van der Waals surface area contributed by atoms with Crippen molar-refractivity contribution in [2.75, 3.05) is 35.6 Å². The van der Waals surface area contributed by atoms with Gasteiger partial charge in [-0.25, -0.2) is 14.4 Å². The number of anilines is 3. The van der Waals surface area contributed by atoms with Gasteiger partial charge in [-0.2, -0.15) is 4.39 Å². The minimum atomic E-state index is -1.17. The fourth-order valence-corrected chi connectivity index (χ4v) is 4.62. The van der Waals surface area contributed by atoms with E-state index in [1.807, 2.05) is 0 Å². The number of piperidine rings is 1. The fraction of sp³-hybridized carbons (Fsp3) is 0.476. The molecule has 2 saturated heterocycles. The van der Waals surface area contributed by atoms with Crippen molar-refractivity contribution in [1.82, 2.24) is 14.9 Å². The van der Waals surface area contributed by atoms with E-state index in [1.165, 1.54) is 23.4 Å². The van der Waals surface area contributed by atoms with Crippen LogP contribution in [0.2, 0.25) is 5.02 Å². The normalized spacial score (nSPS) is 26.3. The molecule has 4 unspecified atom stereocenters. The number of β-amino-alcohol motifs (C(OH)–C–C–N with tert-alkyl or cyclic N) is 1. The second kappa shape index (κ2) is 9.62. The zero-order chi connectivity index (χ0) is 23.7. The van der Waals surface area contributed by atoms with Gasteiger partial charge in [-0.1, -0.05) is 11.6 Å². The summed E-state index contributed by atoms with van der Waals surface area (Å²) in [6, 6.07) is 2.52. The van der Waals surface area contributed by atoms with Crippen molar-refractivity contribution < 1.29 is 23.8 Å². The molecule has 1 amide bonds. The molecule has 33 heavy (non-hydrogen) atoms. The number of aliphatic hydroxyl groups excluding tert-OH is 2. The third-order valence-electron chi connectivity index (χ3n) is 6.02. The Hall–Kier alpha value is -2.76. The predicted octanol–water partition coefficient (Wildman–Crippen LogP) is 1.39. The topological polar surface area (TPSA) is 128 Å². The number of nitrogens with two attached hydrogens (primary N) is 1. The third kappa shape index (κ3) is 5.10. The molecule has 0 saturated carbocycles. The Morgan fingerprint density at radius 3 is 2.70 bits per heavy atom. The first-order valence-corrected chi connectivity index (χ1v) is 11.0. The van der Waals surface area contributed by atoms with Gasteiger partial charge in [0.05, 0.1) is 12.2 Å². The molecule has 2 aliphatic rings. The number of aromatic nitrogens is 2. The summed E-state index contributed by atoms with van der Waals surface area (Å²) in [6.07, 6.45) is 0.0363. The average Bonchev–Trinajstić information content (AvgIpc) is 2.87. The van der Waals surface area contributed by atoms with E-state index in [9.17, 15) is 23.8 Å². The average molecular weight is 483 g/mol. The van der Waals surface area contributed by atoms with Gasteiger partial charge >= 0.3 is 0 Å². The summed E-state index contributed by atoms with van der Waals surface area (Å²) in [7, 11) is 0. The maximum Gasteiger partial charge on any atom is 0.245 e. The number of nitrogens with zero attached hydrogens (tertiary/aromatic N) is 4. The van der Waals surface area contributed by atoms with Crippen LogP contribution in [0.1, 0.15) is 19.3 Å². The minimum absolute atomic E-state index is 0.0548. The maximum absolute atomic E-state index is 14.5. The highest BCUT2D eigenvalue weighted by Gasteiger charge is 2.40. The van der Waals surface area contributed by atoms with Crippen LogP contribution in [-0.4, -0.2) is 74.9 Å². The lowest BCUT2D eigenvalue weighted by molar-refractivity contribution is -0.135. The second-order valence-corrected chi connectivity index (χ2v) is 8.79. The number of carbonyl (C=O) groups is 1. The molecule has 2 fully saturated rings. The Bertz CT molecular complexity index is 1010. The molecule has 2 aromatic rings. The minimum Gasteiger partial charge on any atom is -0.390 e. The van der Waals surface area contributed by atoms with Gasteiger partial charge in [0.25, 0.3) is 0 Å². The summed E-state index contributed by atoms with van der Waals surface area (Å²) < 4.78 is 28.2. The van der Waals surface area contributed by atoms with Crippen molar-refractivity contribution in [2.24, 2.45) is 0 Å². The van der Waals surface area contributed by atoms with Crippen molar-refractivity contribution in [3.63, 3.8) is 0 Å². The van der Waals surface area contributed by atoms with Gasteiger partial charge in [0.1, 0.15) is 18.2 Å². The van der Waals surface area contributed by atoms with Gasteiger partial charge < -0.3 is 31.1 Å². The SMILES string of the molecule is Nc1ncnc(N2CCCC(N3CC(O)C(O)CC(Nc4cc(F)cc(Cl)c4)C3=O)C2)c1F. The van der Waals surface area contributed by atoms with Crippen molar-refractivity contribution in [3.05, 3.63) is 41.2 Å². The van der Waals surface area contributed by atoms with E-state index in [4.69, 9.17) is 17.3 Å². The number of hydrogen-bond donors (Lipinski definition) is 4. The van der Waals surface area contributed by atoms with E-state index < -0.39 is 29.9 Å². The van der Waals surface area contributed by atoms with E-state index in [1.54, 1.807) is 4.90 Å². The van der Waals surface area contributed by atoms with Crippen LogP contribution < -0.4 is 16.0 Å². The number of carbonyl (C=O) groups excluding carboxylic acids is 1. The number of halogens is 3. The van der Waals surface area contributed by atoms with E-state index in [0.29, 0.717) is 19.4 Å². The number of rotatable bonds is 4. The molecule has 4 rings (SSSR count). The monoisotopic (exact) mass is 482 g/mol. The van der Waals surface area contributed by atoms with E-state index in [2.05, 4.69) is 15.3 Å². The predicted molar refractivity (Wildman–Crippen MR) is 119 cm³/mol. The summed E-state index contributed by atoms with van der Waals surface area (Å²) in [5.74, 6) is -1.86. The van der Waals surface area contributed by atoms with Crippen LogP contribution in [0.5, 0.6) is 0 Å². The first kappa shape index (κ1) is 23.4. The van der Waals surface area contributed by atoms with Gasteiger partial charge in [0.15, 0.2) is 11.6 Å². The molecule has 0 aliphatic carbocycles. The van der Waals surface area contributed by atoms with Crippen molar-refractivity contribution in [2.45, 2.75) is 43.6 Å². The Morgan fingerprint density at radius 2 is 1.94 bits per heavy atom. The first-order valence-electron chi connectivity index (χ1n) is 10.6. The standard InChI is InChI=1S/C21H25ClF2N6O3/c22-11-4-12(23)6-13(5-11)28-15-7-16(31)17(32)9-30(21(15)33)14-2-1-3-29(8-14)20-18(24)19(25)26-10-27-20/h4-6,10,14-17,28,31-32H,1-3,7-9H2,(H2,25,26,27). The van der Waals surface area contributed by atoms with E-state index >= 15 is 0 Å². The number of benzene rings is 1. The van der Waals surface area contributed by atoms with Gasteiger partial charge in [-0.05, 0) is 31.0 Å². The highest BCUT2D eigenvalue weighted by atomic mass is 35.5. The molecule has 0 spiro atoms. The number of amides is 1. The number of hydrogen-bond acceptors (Lipinski definition) is 8. The van der Waals surface area contributed by atoms with Crippen LogP contribution in [-0.2, 0) is 4.79 Å². The number of aliphatic hydroxyl groups is 2. The molecular weight excluding hydrogens is 458 g/mol. The Morgan fingerprint density at radius 1 is 1.15 bits per heavy atom. The molecule has 1 aromatic carbocycles. The molecule has 0 bridgehead atoms.